The van der Waals surface area contributed by atoms with Gasteiger partial charge in [0.25, 0.3) is 0 Å². The van der Waals surface area contributed by atoms with E-state index in [0.717, 1.165) is 30.5 Å². The molecule has 4 rings (SSSR count). The monoisotopic (exact) mass is 401 g/mol. The molecule has 0 saturated heterocycles. The minimum absolute atomic E-state index is 0.0808. The van der Waals surface area contributed by atoms with Crippen LogP contribution in [-0.4, -0.2) is 41.7 Å². The van der Waals surface area contributed by atoms with Gasteiger partial charge in [0.05, 0.1) is 17.6 Å². The molecule has 6 heteroatoms. The molecule has 1 aromatic heterocycles. The minimum atomic E-state index is -3.34. The summed E-state index contributed by atoms with van der Waals surface area (Å²) in [6, 6.07) is 10.9. The van der Waals surface area contributed by atoms with Gasteiger partial charge in [-0.2, -0.15) is 0 Å². The highest BCUT2D eigenvalue weighted by atomic mass is 32.2. The molecule has 0 amide bonds. The number of nitrogens with zero attached hydrogens (tertiary/aromatic N) is 3. The SMILES string of the molecule is CCS(=O)(=O)c1ncc(CN(C)C(C2CC2)C2CC2)n1CCc1ccccc1. The molecule has 0 radical (unpaired) electrons. The lowest BCUT2D eigenvalue weighted by Crippen LogP contribution is -2.35. The fraction of sp³-hybridized carbons (Fsp3) is 0.591. The molecule has 5 nitrogen and oxygen atoms in total. The van der Waals surface area contributed by atoms with E-state index in [4.69, 9.17) is 0 Å². The van der Waals surface area contributed by atoms with Crippen LogP contribution in [0.3, 0.4) is 0 Å². The van der Waals surface area contributed by atoms with Gasteiger partial charge in [0, 0.05) is 19.1 Å². The zero-order valence-corrected chi connectivity index (χ0v) is 17.7. The van der Waals surface area contributed by atoms with Crippen molar-refractivity contribution in [2.24, 2.45) is 11.8 Å². The molecular formula is C22H31N3O2S. The number of aryl methyl sites for hydroxylation is 1. The van der Waals surface area contributed by atoms with Crippen LogP contribution in [0.1, 0.15) is 43.9 Å². The van der Waals surface area contributed by atoms with E-state index in [0.29, 0.717) is 12.6 Å². The maximum absolute atomic E-state index is 12.6. The van der Waals surface area contributed by atoms with E-state index in [-0.39, 0.29) is 10.9 Å². The third-order valence-corrected chi connectivity index (χ3v) is 7.80. The molecule has 2 fully saturated rings. The summed E-state index contributed by atoms with van der Waals surface area (Å²) in [5.74, 6) is 1.74. The minimum Gasteiger partial charge on any atom is -0.317 e. The summed E-state index contributed by atoms with van der Waals surface area (Å²) >= 11 is 0. The molecule has 0 aliphatic heterocycles. The van der Waals surface area contributed by atoms with Crippen LogP contribution in [0.5, 0.6) is 0 Å². The van der Waals surface area contributed by atoms with Crippen LogP contribution in [0, 0.1) is 11.8 Å². The molecule has 28 heavy (non-hydrogen) atoms. The predicted molar refractivity (Wildman–Crippen MR) is 111 cm³/mol. The molecule has 2 aromatic rings. The lowest BCUT2D eigenvalue weighted by atomic mass is 10.1. The van der Waals surface area contributed by atoms with Gasteiger partial charge in [-0.05, 0) is 56.6 Å². The molecule has 0 spiro atoms. The zero-order chi connectivity index (χ0) is 19.7. The van der Waals surface area contributed by atoms with E-state index >= 15 is 0 Å². The average Bonchev–Trinajstić information content (AvgIpc) is 3.62. The van der Waals surface area contributed by atoms with Crippen molar-refractivity contribution in [1.29, 1.82) is 0 Å². The molecule has 0 atom stereocenters. The Hall–Kier alpha value is -1.66. The number of rotatable bonds is 10. The summed E-state index contributed by atoms with van der Waals surface area (Å²) in [5.41, 5.74) is 2.22. The van der Waals surface area contributed by atoms with Crippen molar-refractivity contribution in [3.05, 3.63) is 47.8 Å². The van der Waals surface area contributed by atoms with E-state index in [1.54, 1.807) is 13.1 Å². The maximum atomic E-state index is 12.6. The molecule has 1 heterocycles. The summed E-state index contributed by atoms with van der Waals surface area (Å²) in [4.78, 5) is 6.80. The van der Waals surface area contributed by atoms with Crippen molar-refractivity contribution in [2.75, 3.05) is 12.8 Å². The highest BCUT2D eigenvalue weighted by Gasteiger charge is 2.43. The van der Waals surface area contributed by atoms with Crippen LogP contribution in [0.25, 0.3) is 0 Å². The second-order valence-corrected chi connectivity index (χ2v) is 10.6. The maximum Gasteiger partial charge on any atom is 0.227 e. The van der Waals surface area contributed by atoms with Gasteiger partial charge in [-0.15, -0.1) is 0 Å². The Morgan fingerprint density at radius 1 is 1.14 bits per heavy atom. The lowest BCUT2D eigenvalue weighted by molar-refractivity contribution is 0.182. The number of benzene rings is 1. The molecule has 0 N–H and O–H groups in total. The highest BCUT2D eigenvalue weighted by Crippen LogP contribution is 2.47. The molecule has 152 valence electrons. The largest absolute Gasteiger partial charge is 0.317 e. The first-order valence-corrected chi connectivity index (χ1v) is 12.2. The third kappa shape index (κ3) is 4.33. The van der Waals surface area contributed by atoms with Crippen LogP contribution < -0.4 is 0 Å². The Morgan fingerprint density at radius 2 is 1.79 bits per heavy atom. The fourth-order valence-electron chi connectivity index (χ4n) is 4.36. The Kier molecular flexibility index (Phi) is 5.61. The Labute approximate surface area is 168 Å². The normalized spacial score (nSPS) is 17.6. The third-order valence-electron chi connectivity index (χ3n) is 6.16. The molecule has 2 saturated carbocycles. The molecule has 0 bridgehead atoms. The van der Waals surface area contributed by atoms with E-state index in [1.807, 2.05) is 22.8 Å². The average molecular weight is 402 g/mol. The topological polar surface area (TPSA) is 55.2 Å². The van der Waals surface area contributed by atoms with Crippen molar-refractivity contribution in [2.45, 2.75) is 63.3 Å². The van der Waals surface area contributed by atoms with Gasteiger partial charge >= 0.3 is 0 Å². The zero-order valence-electron chi connectivity index (χ0n) is 16.9. The molecule has 0 unspecified atom stereocenters. The van der Waals surface area contributed by atoms with Crippen LogP contribution in [0.15, 0.2) is 41.7 Å². The highest BCUT2D eigenvalue weighted by molar-refractivity contribution is 7.91. The number of sulfone groups is 1. The standard InChI is InChI=1S/C22H31N3O2S/c1-3-28(26,27)22-23-15-20(25(22)14-13-17-7-5-4-6-8-17)16-24(2)21(18-9-10-18)19-11-12-19/h4-8,15,18-19,21H,3,9-14,16H2,1-2H3. The Bertz CT molecular complexity index is 887. The van der Waals surface area contributed by atoms with Gasteiger partial charge in [-0.1, -0.05) is 37.3 Å². The number of imidazole rings is 1. The van der Waals surface area contributed by atoms with Gasteiger partial charge in [-0.25, -0.2) is 13.4 Å². The number of hydrogen-bond donors (Lipinski definition) is 0. The molecule has 2 aliphatic rings. The lowest BCUT2D eigenvalue weighted by Gasteiger charge is -2.28. The van der Waals surface area contributed by atoms with Crippen molar-refractivity contribution in [1.82, 2.24) is 14.5 Å². The second-order valence-electron chi connectivity index (χ2n) is 8.40. The summed E-state index contributed by atoms with van der Waals surface area (Å²) in [7, 11) is -1.14. The smallest absolute Gasteiger partial charge is 0.227 e. The van der Waals surface area contributed by atoms with Crippen LogP contribution in [0.2, 0.25) is 0 Å². The first kappa shape index (κ1) is 19.6. The first-order chi connectivity index (χ1) is 13.5. The van der Waals surface area contributed by atoms with Gasteiger partial charge in [-0.3, -0.25) is 4.90 Å². The summed E-state index contributed by atoms with van der Waals surface area (Å²) in [5, 5.41) is 0.226. The number of hydrogen-bond acceptors (Lipinski definition) is 4. The van der Waals surface area contributed by atoms with Gasteiger partial charge in [0.1, 0.15) is 0 Å². The summed E-state index contributed by atoms with van der Waals surface area (Å²) in [6.45, 7) is 3.09. The van der Waals surface area contributed by atoms with E-state index in [9.17, 15) is 8.42 Å². The first-order valence-electron chi connectivity index (χ1n) is 10.5. The van der Waals surface area contributed by atoms with Crippen molar-refractivity contribution >= 4 is 9.84 Å². The Balaban J connectivity index is 1.57. The molecular weight excluding hydrogens is 370 g/mol. The van der Waals surface area contributed by atoms with E-state index in [1.165, 1.54) is 31.2 Å². The van der Waals surface area contributed by atoms with Crippen LogP contribution in [-0.2, 0) is 29.3 Å². The van der Waals surface area contributed by atoms with E-state index < -0.39 is 9.84 Å². The summed E-state index contributed by atoms with van der Waals surface area (Å²) < 4.78 is 27.2. The summed E-state index contributed by atoms with van der Waals surface area (Å²) in [6.07, 6.45) is 7.95. The van der Waals surface area contributed by atoms with Crippen LogP contribution >= 0.6 is 0 Å². The van der Waals surface area contributed by atoms with Crippen LogP contribution in [0.4, 0.5) is 0 Å². The van der Waals surface area contributed by atoms with Gasteiger partial charge < -0.3 is 4.57 Å². The fourth-order valence-corrected chi connectivity index (χ4v) is 5.38. The van der Waals surface area contributed by atoms with Crippen molar-refractivity contribution < 1.29 is 8.42 Å². The predicted octanol–water partition coefficient (Wildman–Crippen LogP) is 3.54. The van der Waals surface area contributed by atoms with Crippen molar-refractivity contribution in [3.8, 4) is 0 Å². The second kappa shape index (κ2) is 7.99. The number of aromatic nitrogens is 2. The van der Waals surface area contributed by atoms with Gasteiger partial charge in [0.2, 0.25) is 15.0 Å². The molecule has 1 aromatic carbocycles. The quantitative estimate of drug-likeness (QED) is 0.611. The Morgan fingerprint density at radius 3 is 2.36 bits per heavy atom. The van der Waals surface area contributed by atoms with E-state index in [2.05, 4.69) is 29.1 Å². The molecule has 2 aliphatic carbocycles. The van der Waals surface area contributed by atoms with Crippen molar-refractivity contribution in [3.63, 3.8) is 0 Å². The van der Waals surface area contributed by atoms with Gasteiger partial charge in [0.15, 0.2) is 0 Å².